The SMILES string of the molecule is COc1c(C(=O)NCCc2ccc(-c3ccc(C#N)cc3)cc2)ccc2c1C1C(C)C(=O)CC[C@H]1[C@H](N(C)CC1CC1)C2. The Balaban J connectivity index is 1.17. The summed E-state index contributed by atoms with van der Waals surface area (Å²) in [6.45, 7) is 3.70. The fourth-order valence-corrected chi connectivity index (χ4v) is 7.48. The maximum Gasteiger partial charge on any atom is 0.255 e. The van der Waals surface area contributed by atoms with Crippen molar-refractivity contribution in [1.82, 2.24) is 10.2 Å². The Kier molecular flexibility index (Phi) is 8.36. The molecular weight excluding hydrogens is 534 g/mol. The molecule has 1 amide bonds. The molecule has 2 unspecified atom stereocenters. The first-order valence-corrected chi connectivity index (χ1v) is 15.7. The average molecular weight is 576 g/mol. The molecule has 2 saturated carbocycles. The molecule has 3 aliphatic rings. The molecule has 3 aromatic carbocycles. The van der Waals surface area contributed by atoms with Gasteiger partial charge in [0, 0.05) is 43.0 Å². The zero-order valence-electron chi connectivity index (χ0n) is 25.4. The van der Waals surface area contributed by atoms with Gasteiger partial charge in [-0.05, 0) is 91.4 Å². The number of Topliss-reactive ketones (excluding diaryl/α,β-unsaturated/α-hetero) is 1. The summed E-state index contributed by atoms with van der Waals surface area (Å²) in [7, 11) is 3.91. The van der Waals surface area contributed by atoms with Gasteiger partial charge in [0.2, 0.25) is 0 Å². The van der Waals surface area contributed by atoms with Crippen LogP contribution in [0.1, 0.15) is 71.1 Å². The van der Waals surface area contributed by atoms with Crippen LogP contribution in [0.4, 0.5) is 0 Å². The molecule has 43 heavy (non-hydrogen) atoms. The zero-order valence-corrected chi connectivity index (χ0v) is 25.4. The molecular formula is C37H41N3O3. The Morgan fingerprint density at radius 1 is 1.02 bits per heavy atom. The molecule has 0 spiro atoms. The second-order valence-corrected chi connectivity index (χ2v) is 12.7. The van der Waals surface area contributed by atoms with E-state index in [0.29, 0.717) is 54.0 Å². The van der Waals surface area contributed by atoms with Crippen LogP contribution >= 0.6 is 0 Å². The van der Waals surface area contributed by atoms with Crippen molar-refractivity contribution < 1.29 is 14.3 Å². The lowest BCUT2D eigenvalue weighted by Gasteiger charge is -2.48. The predicted octanol–water partition coefficient (Wildman–Crippen LogP) is 6.17. The Morgan fingerprint density at radius 2 is 1.72 bits per heavy atom. The van der Waals surface area contributed by atoms with Crippen molar-refractivity contribution in [3.05, 3.63) is 88.5 Å². The molecule has 3 aliphatic carbocycles. The number of hydrogen-bond acceptors (Lipinski definition) is 5. The van der Waals surface area contributed by atoms with E-state index in [2.05, 4.69) is 60.6 Å². The van der Waals surface area contributed by atoms with E-state index in [-0.39, 0.29) is 17.7 Å². The molecule has 0 radical (unpaired) electrons. The van der Waals surface area contributed by atoms with Crippen LogP contribution in [0.25, 0.3) is 11.1 Å². The van der Waals surface area contributed by atoms with Crippen molar-refractivity contribution in [2.45, 2.75) is 57.4 Å². The molecule has 222 valence electrons. The maximum atomic E-state index is 13.5. The van der Waals surface area contributed by atoms with Crippen molar-refractivity contribution >= 4 is 11.7 Å². The van der Waals surface area contributed by atoms with Gasteiger partial charge in [0.1, 0.15) is 11.5 Å². The predicted molar refractivity (Wildman–Crippen MR) is 168 cm³/mol. The Labute approximate surface area is 255 Å². The summed E-state index contributed by atoms with van der Waals surface area (Å²) in [6.07, 6.45) is 5.83. The van der Waals surface area contributed by atoms with E-state index in [4.69, 9.17) is 10.00 Å². The number of nitrogens with one attached hydrogen (secondary N) is 1. The average Bonchev–Trinajstić information content (AvgIpc) is 3.86. The lowest BCUT2D eigenvalue weighted by molar-refractivity contribution is -0.127. The highest BCUT2D eigenvalue weighted by molar-refractivity contribution is 5.98. The summed E-state index contributed by atoms with van der Waals surface area (Å²) < 4.78 is 6.00. The topological polar surface area (TPSA) is 82.4 Å². The first kappa shape index (κ1) is 29.1. The Hall–Kier alpha value is -3.95. The summed E-state index contributed by atoms with van der Waals surface area (Å²) in [6, 6.07) is 22.4. The van der Waals surface area contributed by atoms with E-state index in [1.54, 1.807) is 7.11 Å². The number of nitrogens with zero attached hydrogens (tertiary/aromatic N) is 2. The molecule has 0 heterocycles. The van der Waals surface area contributed by atoms with E-state index in [1.807, 2.05) is 30.3 Å². The van der Waals surface area contributed by atoms with Crippen LogP contribution in [0.15, 0.2) is 60.7 Å². The first-order valence-electron chi connectivity index (χ1n) is 15.7. The molecule has 3 aromatic rings. The highest BCUT2D eigenvalue weighted by atomic mass is 16.5. The molecule has 0 aromatic heterocycles. The minimum Gasteiger partial charge on any atom is -0.496 e. The lowest BCUT2D eigenvalue weighted by Crippen LogP contribution is -2.50. The molecule has 0 aliphatic heterocycles. The molecule has 4 atom stereocenters. The van der Waals surface area contributed by atoms with E-state index in [0.717, 1.165) is 47.6 Å². The quantitative estimate of drug-likeness (QED) is 0.330. The highest BCUT2D eigenvalue weighted by Gasteiger charge is 2.47. The number of ether oxygens (including phenoxy) is 1. The lowest BCUT2D eigenvalue weighted by atomic mass is 9.60. The Bertz CT molecular complexity index is 1540. The normalized spacial score (nSPS) is 22.8. The van der Waals surface area contributed by atoms with Crippen LogP contribution < -0.4 is 10.1 Å². The van der Waals surface area contributed by atoms with Crippen molar-refractivity contribution in [3.63, 3.8) is 0 Å². The first-order chi connectivity index (χ1) is 20.9. The molecule has 1 N–H and O–H groups in total. The summed E-state index contributed by atoms with van der Waals surface area (Å²) in [4.78, 5) is 29.1. The van der Waals surface area contributed by atoms with Crippen molar-refractivity contribution in [2.75, 3.05) is 27.2 Å². The van der Waals surface area contributed by atoms with Crippen molar-refractivity contribution in [1.29, 1.82) is 5.26 Å². The second-order valence-electron chi connectivity index (χ2n) is 12.7. The van der Waals surface area contributed by atoms with Crippen LogP contribution in [0.3, 0.4) is 0 Å². The molecule has 0 saturated heterocycles. The number of likely N-dealkylation sites (N-methyl/N-ethyl adjacent to an activating group) is 1. The number of ketones is 1. The third-order valence-electron chi connectivity index (χ3n) is 10.0. The van der Waals surface area contributed by atoms with Crippen LogP contribution in [-0.2, 0) is 17.6 Å². The fraction of sp³-hybridized carbons (Fsp3) is 0.432. The van der Waals surface area contributed by atoms with Gasteiger partial charge in [0.15, 0.2) is 0 Å². The molecule has 2 fully saturated rings. The summed E-state index contributed by atoms with van der Waals surface area (Å²) in [5.74, 6) is 1.98. The van der Waals surface area contributed by atoms with Crippen LogP contribution in [-0.4, -0.2) is 49.9 Å². The summed E-state index contributed by atoms with van der Waals surface area (Å²) >= 11 is 0. The number of carbonyl (C=O) groups excluding carboxylic acids is 2. The largest absolute Gasteiger partial charge is 0.496 e. The van der Waals surface area contributed by atoms with E-state index < -0.39 is 0 Å². The second kappa shape index (κ2) is 12.3. The van der Waals surface area contributed by atoms with Gasteiger partial charge in [0.05, 0.1) is 24.3 Å². The van der Waals surface area contributed by atoms with Gasteiger partial charge in [0.25, 0.3) is 5.91 Å². The number of rotatable bonds is 9. The van der Waals surface area contributed by atoms with E-state index in [9.17, 15) is 9.59 Å². The fourth-order valence-electron chi connectivity index (χ4n) is 7.48. The number of methoxy groups -OCH3 is 1. The molecule has 0 bridgehead atoms. The maximum absolute atomic E-state index is 13.5. The molecule has 6 heteroatoms. The zero-order chi connectivity index (χ0) is 30.1. The number of carbonyl (C=O) groups is 2. The number of benzene rings is 3. The van der Waals surface area contributed by atoms with Gasteiger partial charge in [-0.25, -0.2) is 0 Å². The summed E-state index contributed by atoms with van der Waals surface area (Å²) in [5, 5.41) is 12.1. The number of nitriles is 1. The Morgan fingerprint density at radius 3 is 2.37 bits per heavy atom. The minimum absolute atomic E-state index is 0.0639. The monoisotopic (exact) mass is 575 g/mol. The van der Waals surface area contributed by atoms with E-state index >= 15 is 0 Å². The smallest absolute Gasteiger partial charge is 0.255 e. The van der Waals surface area contributed by atoms with Crippen LogP contribution in [0.5, 0.6) is 5.75 Å². The van der Waals surface area contributed by atoms with Crippen molar-refractivity contribution in [2.24, 2.45) is 17.8 Å². The molecule has 6 rings (SSSR count). The van der Waals surface area contributed by atoms with Gasteiger partial charge in [-0.3, -0.25) is 9.59 Å². The standard InChI is InChI=1S/C37H41N3O3/c1-23-33(41)17-16-30-32(40(2)22-26-4-5-26)20-29-14-15-31(36(43-3)35(29)34(23)30)37(42)39-19-18-24-6-10-27(11-7-24)28-12-8-25(21-38)9-13-28/h6-15,23,26,30,32,34H,4-5,16-20,22H2,1-3H3,(H,39,42)/t23?,30-,32+,34?/m0/s1. The number of fused-ring (bicyclic) bond motifs is 3. The third-order valence-corrected chi connectivity index (χ3v) is 10.0. The number of hydrogen-bond donors (Lipinski definition) is 1. The van der Waals surface area contributed by atoms with Gasteiger partial charge in [-0.1, -0.05) is 49.4 Å². The van der Waals surface area contributed by atoms with Crippen LogP contribution in [0, 0.1) is 29.1 Å². The highest BCUT2D eigenvalue weighted by Crippen LogP contribution is 2.52. The minimum atomic E-state index is -0.145. The number of amides is 1. The van der Waals surface area contributed by atoms with Crippen LogP contribution in [0.2, 0.25) is 0 Å². The third kappa shape index (κ3) is 5.96. The molecule has 6 nitrogen and oxygen atoms in total. The van der Waals surface area contributed by atoms with Gasteiger partial charge < -0.3 is 15.0 Å². The van der Waals surface area contributed by atoms with E-state index in [1.165, 1.54) is 18.4 Å². The van der Waals surface area contributed by atoms with Gasteiger partial charge >= 0.3 is 0 Å². The summed E-state index contributed by atoms with van der Waals surface area (Å²) in [5.41, 5.74) is 6.77. The van der Waals surface area contributed by atoms with Crippen molar-refractivity contribution in [3.8, 4) is 22.9 Å². The van der Waals surface area contributed by atoms with Gasteiger partial charge in [-0.2, -0.15) is 5.26 Å². The van der Waals surface area contributed by atoms with Gasteiger partial charge in [-0.15, -0.1) is 0 Å².